The van der Waals surface area contributed by atoms with Crippen molar-refractivity contribution in [1.29, 1.82) is 0 Å². The minimum absolute atomic E-state index is 0.685. The lowest BCUT2D eigenvalue weighted by Crippen LogP contribution is -2.37. The van der Waals surface area contributed by atoms with Crippen LogP contribution < -0.4 is 5.32 Å². The Bertz CT molecular complexity index is 691. The van der Waals surface area contributed by atoms with Crippen LogP contribution in [0.3, 0.4) is 0 Å². The molecule has 2 bridgehead atoms. The first kappa shape index (κ1) is 16.4. The number of benzene rings is 1. The number of hydrogen-bond acceptors (Lipinski definition) is 5. The number of carbonyl (C=O) groups excluding carboxylic acids is 1. The van der Waals surface area contributed by atoms with Crippen molar-refractivity contribution in [2.75, 3.05) is 0 Å². The number of piperidine rings is 1. The molecule has 0 aliphatic carbocycles. The molecule has 2 saturated heterocycles. The summed E-state index contributed by atoms with van der Waals surface area (Å²) in [5.41, 5.74) is 0.508. The van der Waals surface area contributed by atoms with Gasteiger partial charge in [-0.1, -0.05) is 24.8 Å². The van der Waals surface area contributed by atoms with Gasteiger partial charge in [-0.25, -0.2) is 4.79 Å². The van der Waals surface area contributed by atoms with Crippen LogP contribution >= 0.6 is 23.1 Å². The van der Waals surface area contributed by atoms with E-state index in [2.05, 4.69) is 52.5 Å². The van der Waals surface area contributed by atoms with Gasteiger partial charge >= 0.3 is 5.43 Å². The van der Waals surface area contributed by atoms with Crippen molar-refractivity contribution < 1.29 is 9.53 Å². The van der Waals surface area contributed by atoms with Crippen LogP contribution in [0.4, 0.5) is 4.79 Å². The second-order valence-corrected chi connectivity index (χ2v) is 7.01. The van der Waals surface area contributed by atoms with Crippen molar-refractivity contribution in [1.82, 2.24) is 9.69 Å². The largest absolute Gasteiger partial charge is 0.423 e. The average molecular weight is 351 g/mol. The first-order valence-corrected chi connectivity index (χ1v) is 8.90. The van der Waals surface area contributed by atoms with Crippen LogP contribution in [0.15, 0.2) is 37.1 Å². The molecule has 2 atom stereocenters. The van der Waals surface area contributed by atoms with Crippen molar-refractivity contribution >= 4 is 38.6 Å². The Morgan fingerprint density at radius 1 is 1.35 bits per heavy atom. The van der Waals surface area contributed by atoms with Crippen molar-refractivity contribution in [3.05, 3.63) is 42.8 Å². The van der Waals surface area contributed by atoms with Gasteiger partial charge in [0.15, 0.2) is 0 Å². The summed E-state index contributed by atoms with van der Waals surface area (Å²) in [6.45, 7) is 3.07. The molecule has 2 unspecified atom stereocenters. The van der Waals surface area contributed by atoms with Crippen LogP contribution in [0.25, 0.3) is 10.1 Å². The van der Waals surface area contributed by atoms with E-state index >= 15 is 0 Å². The molecule has 4 rings (SSSR count). The van der Waals surface area contributed by atoms with Crippen molar-refractivity contribution in [2.45, 2.75) is 43.7 Å². The molecular weight excluding hydrogens is 332 g/mol. The SMILES string of the molecule is C=COC(=O)Cl.c1ccc2c(C3CC4CCC(C3)N4)nsc2c1. The van der Waals surface area contributed by atoms with Crippen LogP contribution in [0, 0.1) is 0 Å². The maximum atomic E-state index is 9.52. The number of rotatable bonds is 2. The molecule has 3 heterocycles. The number of carbonyl (C=O) groups is 1. The summed E-state index contributed by atoms with van der Waals surface area (Å²) in [6.07, 6.45) is 6.26. The van der Waals surface area contributed by atoms with Crippen molar-refractivity contribution in [2.24, 2.45) is 0 Å². The van der Waals surface area contributed by atoms with E-state index in [-0.39, 0.29) is 0 Å². The molecule has 2 fully saturated rings. The highest BCUT2D eigenvalue weighted by Crippen LogP contribution is 2.39. The second kappa shape index (κ2) is 7.43. The fourth-order valence-electron chi connectivity index (χ4n) is 3.55. The van der Waals surface area contributed by atoms with E-state index in [4.69, 9.17) is 4.37 Å². The van der Waals surface area contributed by atoms with Crippen LogP contribution in [0.1, 0.15) is 37.3 Å². The molecule has 2 aliphatic heterocycles. The highest BCUT2D eigenvalue weighted by Gasteiger charge is 2.35. The van der Waals surface area contributed by atoms with Crippen LogP contribution in [0.2, 0.25) is 0 Å². The number of fused-ring (bicyclic) bond motifs is 3. The highest BCUT2D eigenvalue weighted by atomic mass is 35.5. The fourth-order valence-corrected chi connectivity index (χ4v) is 4.46. The molecular formula is C17H19ClN2O2S. The third-order valence-electron chi connectivity index (χ3n) is 4.44. The number of nitrogens with one attached hydrogen (secondary N) is 1. The van der Waals surface area contributed by atoms with E-state index < -0.39 is 5.43 Å². The lowest BCUT2D eigenvalue weighted by atomic mass is 9.88. The minimum Gasteiger partial charge on any atom is -0.423 e. The fraction of sp³-hybridized carbons (Fsp3) is 0.412. The summed E-state index contributed by atoms with van der Waals surface area (Å²) in [4.78, 5) is 9.52. The topological polar surface area (TPSA) is 51.2 Å². The Morgan fingerprint density at radius 2 is 2.04 bits per heavy atom. The van der Waals surface area contributed by atoms with Gasteiger partial charge < -0.3 is 10.1 Å². The first-order valence-electron chi connectivity index (χ1n) is 7.74. The molecule has 1 aromatic heterocycles. The molecule has 1 N–H and O–H groups in total. The van der Waals surface area contributed by atoms with E-state index in [1.165, 1.54) is 41.5 Å². The molecule has 0 spiro atoms. The number of hydrogen-bond donors (Lipinski definition) is 1. The molecule has 0 saturated carbocycles. The summed E-state index contributed by atoms with van der Waals surface area (Å²) in [5, 5.41) is 5.10. The van der Waals surface area contributed by atoms with Crippen LogP contribution in [-0.4, -0.2) is 21.9 Å². The Kier molecular flexibility index (Phi) is 5.30. The summed E-state index contributed by atoms with van der Waals surface area (Å²) >= 11 is 6.31. The third kappa shape index (κ3) is 3.91. The molecule has 2 aromatic rings. The molecule has 23 heavy (non-hydrogen) atoms. The van der Waals surface area contributed by atoms with Gasteiger partial charge in [-0.15, -0.1) is 0 Å². The van der Waals surface area contributed by atoms with Gasteiger partial charge in [0.2, 0.25) is 0 Å². The number of nitrogens with zero attached hydrogens (tertiary/aromatic N) is 1. The lowest BCUT2D eigenvalue weighted by molar-refractivity contribution is 0.212. The Morgan fingerprint density at radius 3 is 2.65 bits per heavy atom. The Labute approximate surface area is 144 Å². The molecule has 6 heteroatoms. The maximum Gasteiger partial charge on any atom is 0.408 e. The van der Waals surface area contributed by atoms with E-state index in [1.807, 2.05) is 0 Å². The molecule has 122 valence electrons. The lowest BCUT2D eigenvalue weighted by Gasteiger charge is -2.28. The van der Waals surface area contributed by atoms with E-state index in [0.29, 0.717) is 5.92 Å². The van der Waals surface area contributed by atoms with Gasteiger partial charge in [0, 0.05) is 35.0 Å². The highest BCUT2D eigenvalue weighted by molar-refractivity contribution is 7.13. The Balaban J connectivity index is 0.000000227. The number of ether oxygens (including phenoxy) is 1. The van der Waals surface area contributed by atoms with Crippen LogP contribution in [-0.2, 0) is 4.74 Å². The van der Waals surface area contributed by atoms with Crippen molar-refractivity contribution in [3.8, 4) is 0 Å². The Hall–Kier alpha value is -1.43. The van der Waals surface area contributed by atoms with E-state index in [9.17, 15) is 4.79 Å². The molecule has 0 amide bonds. The summed E-state index contributed by atoms with van der Waals surface area (Å²) in [6, 6.07) is 10.2. The van der Waals surface area contributed by atoms with Gasteiger partial charge in [-0.3, -0.25) is 0 Å². The predicted molar refractivity (Wildman–Crippen MR) is 94.1 cm³/mol. The first-order chi connectivity index (χ1) is 11.2. The number of aromatic nitrogens is 1. The summed E-state index contributed by atoms with van der Waals surface area (Å²) in [7, 11) is 0. The maximum absolute atomic E-state index is 9.52. The minimum atomic E-state index is -0.856. The van der Waals surface area contributed by atoms with Crippen molar-refractivity contribution in [3.63, 3.8) is 0 Å². The zero-order valence-corrected chi connectivity index (χ0v) is 14.3. The third-order valence-corrected chi connectivity index (χ3v) is 5.37. The van der Waals surface area contributed by atoms with E-state index in [0.717, 1.165) is 18.3 Å². The van der Waals surface area contributed by atoms with Gasteiger partial charge in [0.05, 0.1) is 16.7 Å². The standard InChI is InChI=1S/C14H16N2S.C3H3ClO2/c1-2-4-13-12(3-1)14(16-17-13)9-7-10-5-6-11(8-9)15-10;1-2-6-3(4)5/h1-4,9-11,15H,5-8H2;2H,1H2. The average Bonchev–Trinajstić information content (AvgIpc) is 3.11. The number of halogens is 1. The molecule has 2 aliphatic rings. The smallest absolute Gasteiger partial charge is 0.408 e. The molecule has 4 nitrogen and oxygen atoms in total. The van der Waals surface area contributed by atoms with E-state index in [1.54, 1.807) is 11.5 Å². The van der Waals surface area contributed by atoms with Gasteiger partial charge in [0.1, 0.15) is 0 Å². The molecule has 0 radical (unpaired) electrons. The van der Waals surface area contributed by atoms with Gasteiger partial charge in [-0.2, -0.15) is 4.37 Å². The van der Waals surface area contributed by atoms with Gasteiger partial charge in [-0.05, 0) is 43.3 Å². The van der Waals surface area contributed by atoms with Gasteiger partial charge in [0.25, 0.3) is 0 Å². The second-order valence-electron chi connectivity index (χ2n) is 5.89. The monoisotopic (exact) mass is 350 g/mol. The normalized spacial score (nSPS) is 25.5. The van der Waals surface area contributed by atoms with Crippen LogP contribution in [0.5, 0.6) is 0 Å². The zero-order chi connectivity index (χ0) is 16.2. The molecule has 1 aromatic carbocycles. The summed E-state index contributed by atoms with van der Waals surface area (Å²) in [5.74, 6) is 0.685. The quantitative estimate of drug-likeness (QED) is 0.624. The zero-order valence-electron chi connectivity index (χ0n) is 12.7. The predicted octanol–water partition coefficient (Wildman–Crippen LogP) is 4.80. The summed E-state index contributed by atoms with van der Waals surface area (Å²) < 4.78 is 10.0.